The number of carbonyl (C=O) groups is 2. The maximum absolute atomic E-state index is 13.8. The molecule has 2 N–H and O–H groups in total. The molecular weight excluding hydrogens is 531 g/mol. The van der Waals surface area contributed by atoms with Crippen LogP contribution in [0, 0.1) is 10.1 Å². The number of hydrogen-bond acceptors (Lipinski definition) is 7. The first-order valence-corrected chi connectivity index (χ1v) is 11.6. The molecule has 38 heavy (non-hydrogen) atoms. The molecule has 14 heteroatoms. The van der Waals surface area contributed by atoms with Crippen molar-refractivity contribution < 1.29 is 32.4 Å². The number of hydrogen-bond donors (Lipinski definition) is 2. The van der Waals surface area contributed by atoms with Crippen molar-refractivity contribution in [3.63, 3.8) is 0 Å². The van der Waals surface area contributed by atoms with Gasteiger partial charge in [-0.05, 0) is 51.5 Å². The van der Waals surface area contributed by atoms with Gasteiger partial charge in [-0.3, -0.25) is 25.1 Å². The molecule has 1 atom stereocenters. The number of nitrogens with zero attached hydrogens (tertiary/aromatic N) is 3. The van der Waals surface area contributed by atoms with E-state index in [1.165, 1.54) is 25.2 Å². The van der Waals surface area contributed by atoms with Gasteiger partial charge in [-0.2, -0.15) is 13.2 Å². The number of aliphatic imine (C=N–C) groups is 1. The van der Waals surface area contributed by atoms with E-state index in [1.54, 1.807) is 33.8 Å². The summed E-state index contributed by atoms with van der Waals surface area (Å²) in [5, 5.41) is 15.7. The van der Waals surface area contributed by atoms with E-state index < -0.39 is 56.2 Å². The summed E-state index contributed by atoms with van der Waals surface area (Å²) >= 11 is 5.77. The van der Waals surface area contributed by atoms with Gasteiger partial charge in [0.15, 0.2) is 0 Å². The van der Waals surface area contributed by atoms with Gasteiger partial charge in [-0.1, -0.05) is 23.7 Å². The predicted molar refractivity (Wildman–Crippen MR) is 134 cm³/mol. The number of nitro groups is 1. The van der Waals surface area contributed by atoms with Crippen molar-refractivity contribution >= 4 is 46.6 Å². The minimum atomic E-state index is -4.98. The molecule has 0 spiro atoms. The van der Waals surface area contributed by atoms with Crippen molar-refractivity contribution in [2.75, 3.05) is 12.4 Å². The number of anilines is 2. The summed E-state index contributed by atoms with van der Waals surface area (Å²) in [5.41, 5.74) is -4.63. The van der Waals surface area contributed by atoms with Crippen LogP contribution in [-0.4, -0.2) is 40.4 Å². The second kappa shape index (κ2) is 10.1. The summed E-state index contributed by atoms with van der Waals surface area (Å²) in [7, 11) is 1.42. The number of carbonyl (C=O) groups excluding carboxylic acids is 2. The molecule has 204 valence electrons. The Labute approximate surface area is 221 Å². The summed E-state index contributed by atoms with van der Waals surface area (Å²) in [5.74, 6) is -0.474. The Balaban J connectivity index is 2.04. The SMILES string of the molecule is CN1C(=O)C[C@@](C)(c2cccc(Nc3c([N+](=O)[O-])ccc(Cl)c3C(F)(F)F)c2)N=C1NC(=O)OC(C)(C)C. The zero-order chi connectivity index (χ0) is 28.6. The Morgan fingerprint density at radius 1 is 1.24 bits per heavy atom. The number of guanidine groups is 1. The quantitative estimate of drug-likeness (QED) is 0.353. The van der Waals surface area contributed by atoms with E-state index in [2.05, 4.69) is 15.6 Å². The smallest absolute Gasteiger partial charge is 0.420 e. The van der Waals surface area contributed by atoms with Crippen LogP contribution < -0.4 is 10.6 Å². The Hall–Kier alpha value is -3.87. The van der Waals surface area contributed by atoms with Crippen LogP contribution in [0.2, 0.25) is 5.02 Å². The molecule has 0 saturated carbocycles. The molecule has 2 aromatic carbocycles. The van der Waals surface area contributed by atoms with Crippen LogP contribution >= 0.6 is 11.6 Å². The molecule has 1 aliphatic rings. The van der Waals surface area contributed by atoms with Crippen LogP contribution in [0.15, 0.2) is 41.4 Å². The molecule has 0 bridgehead atoms. The van der Waals surface area contributed by atoms with Crippen molar-refractivity contribution in [1.82, 2.24) is 10.2 Å². The van der Waals surface area contributed by atoms with Crippen molar-refractivity contribution in [2.45, 2.75) is 51.4 Å². The number of benzene rings is 2. The summed E-state index contributed by atoms with van der Waals surface area (Å²) in [6.45, 7) is 6.61. The first-order valence-electron chi connectivity index (χ1n) is 11.2. The fourth-order valence-electron chi connectivity index (χ4n) is 3.75. The van der Waals surface area contributed by atoms with Crippen LogP contribution in [0.5, 0.6) is 0 Å². The monoisotopic (exact) mass is 555 g/mol. The standard InChI is InChI=1S/C24H25ClF3N5O5/c1-22(2,3)38-21(35)30-20-31-23(4,12-17(34)32(20)5)13-7-6-8-14(11-13)29-19-16(33(36)37)10-9-15(25)18(19)24(26,27)28/h6-11,29H,12H2,1-5H3,(H,30,31,35)/t23-/m0/s1. The minimum absolute atomic E-state index is 0.0582. The third-order valence-corrected chi connectivity index (χ3v) is 5.83. The van der Waals surface area contributed by atoms with Gasteiger partial charge in [0, 0.05) is 18.8 Å². The van der Waals surface area contributed by atoms with Gasteiger partial charge in [-0.15, -0.1) is 0 Å². The van der Waals surface area contributed by atoms with Gasteiger partial charge < -0.3 is 10.1 Å². The number of nitro benzene ring substituents is 1. The second-order valence-electron chi connectivity index (χ2n) is 9.74. The minimum Gasteiger partial charge on any atom is -0.444 e. The lowest BCUT2D eigenvalue weighted by Gasteiger charge is -2.35. The van der Waals surface area contributed by atoms with Gasteiger partial charge >= 0.3 is 12.3 Å². The van der Waals surface area contributed by atoms with E-state index in [1.807, 2.05) is 0 Å². The molecule has 0 radical (unpaired) electrons. The van der Waals surface area contributed by atoms with Crippen LogP contribution in [0.3, 0.4) is 0 Å². The average Bonchev–Trinajstić information content (AvgIpc) is 2.75. The molecule has 3 rings (SSSR count). The van der Waals surface area contributed by atoms with Crippen molar-refractivity contribution in [3.8, 4) is 0 Å². The predicted octanol–water partition coefficient (Wildman–Crippen LogP) is 5.97. The molecular formula is C24H25ClF3N5O5. The number of halogens is 4. The largest absolute Gasteiger partial charge is 0.444 e. The summed E-state index contributed by atoms with van der Waals surface area (Å²) in [6, 6.07) is 7.58. The molecule has 0 aromatic heterocycles. The first kappa shape index (κ1) is 28.7. The highest BCUT2D eigenvalue weighted by atomic mass is 35.5. The second-order valence-corrected chi connectivity index (χ2v) is 10.2. The number of rotatable bonds is 4. The highest BCUT2D eigenvalue weighted by molar-refractivity contribution is 6.32. The van der Waals surface area contributed by atoms with Crippen molar-refractivity contribution in [3.05, 3.63) is 62.7 Å². The molecule has 0 fully saturated rings. The van der Waals surface area contributed by atoms with E-state index in [-0.39, 0.29) is 18.1 Å². The maximum atomic E-state index is 13.8. The maximum Gasteiger partial charge on any atom is 0.420 e. The zero-order valence-corrected chi connectivity index (χ0v) is 21.8. The molecule has 2 amide bonds. The topological polar surface area (TPSA) is 126 Å². The zero-order valence-electron chi connectivity index (χ0n) is 21.1. The lowest BCUT2D eigenvalue weighted by Crippen LogP contribution is -2.52. The number of amides is 2. The molecule has 0 unspecified atom stereocenters. The molecule has 1 heterocycles. The molecule has 2 aromatic rings. The van der Waals surface area contributed by atoms with E-state index in [9.17, 15) is 32.9 Å². The van der Waals surface area contributed by atoms with Gasteiger partial charge in [0.2, 0.25) is 11.9 Å². The third kappa shape index (κ3) is 6.33. The fourth-order valence-corrected chi connectivity index (χ4v) is 4.02. The summed E-state index contributed by atoms with van der Waals surface area (Å²) in [4.78, 5) is 41.3. The van der Waals surface area contributed by atoms with E-state index in [0.717, 1.165) is 17.0 Å². The van der Waals surface area contributed by atoms with E-state index in [0.29, 0.717) is 5.56 Å². The van der Waals surface area contributed by atoms with Crippen molar-refractivity contribution in [2.24, 2.45) is 4.99 Å². The van der Waals surface area contributed by atoms with Crippen molar-refractivity contribution in [1.29, 1.82) is 0 Å². The summed E-state index contributed by atoms with van der Waals surface area (Å²) < 4.78 is 46.5. The lowest BCUT2D eigenvalue weighted by atomic mass is 9.87. The molecule has 0 aliphatic carbocycles. The van der Waals surface area contributed by atoms with Gasteiger partial charge in [0.25, 0.3) is 5.69 Å². The lowest BCUT2D eigenvalue weighted by molar-refractivity contribution is -0.384. The van der Waals surface area contributed by atoms with Crippen LogP contribution in [-0.2, 0) is 21.2 Å². The third-order valence-electron chi connectivity index (χ3n) is 5.52. The van der Waals surface area contributed by atoms with Gasteiger partial charge in [0.1, 0.15) is 16.9 Å². The van der Waals surface area contributed by atoms with Crippen LogP contribution in [0.25, 0.3) is 0 Å². The molecule has 10 nitrogen and oxygen atoms in total. The number of alkyl carbamates (subject to hydrolysis) is 1. The highest BCUT2D eigenvalue weighted by Crippen LogP contribution is 2.45. The average molecular weight is 556 g/mol. The number of nitrogens with one attached hydrogen (secondary N) is 2. The Kier molecular flexibility index (Phi) is 7.64. The molecule has 0 saturated heterocycles. The van der Waals surface area contributed by atoms with Crippen LogP contribution in [0.4, 0.5) is 35.0 Å². The van der Waals surface area contributed by atoms with E-state index in [4.69, 9.17) is 16.3 Å². The Morgan fingerprint density at radius 2 is 1.89 bits per heavy atom. The Morgan fingerprint density at radius 3 is 2.47 bits per heavy atom. The highest BCUT2D eigenvalue weighted by Gasteiger charge is 2.41. The van der Waals surface area contributed by atoms with Gasteiger partial charge in [-0.25, -0.2) is 9.79 Å². The Bertz CT molecular complexity index is 1330. The van der Waals surface area contributed by atoms with Gasteiger partial charge in [0.05, 0.1) is 21.9 Å². The first-order chi connectivity index (χ1) is 17.4. The fraction of sp³-hybridized carbons (Fsp3) is 0.375. The normalized spacial score (nSPS) is 18.1. The number of alkyl halides is 3. The number of ether oxygens (including phenoxy) is 1. The van der Waals surface area contributed by atoms with E-state index >= 15 is 0 Å². The molecule has 1 aliphatic heterocycles. The van der Waals surface area contributed by atoms with Crippen LogP contribution in [0.1, 0.15) is 45.2 Å². The summed E-state index contributed by atoms with van der Waals surface area (Å²) in [6.07, 6.45) is -5.94.